The number of carbonyl (C=O) groups is 2. The lowest BCUT2D eigenvalue weighted by Gasteiger charge is -2.42. The summed E-state index contributed by atoms with van der Waals surface area (Å²) in [4.78, 5) is 35.0. The van der Waals surface area contributed by atoms with Crippen LogP contribution in [0.3, 0.4) is 0 Å². The molecule has 1 saturated carbocycles. The summed E-state index contributed by atoms with van der Waals surface area (Å²) in [6.07, 6.45) is 12.1. The second-order valence-electron chi connectivity index (χ2n) is 12.3. The Hall–Kier alpha value is -2.29. The number of imidazole rings is 1. The van der Waals surface area contributed by atoms with Gasteiger partial charge in [0.15, 0.2) is 0 Å². The number of halogens is 2. The maximum atomic E-state index is 13.5. The van der Waals surface area contributed by atoms with Gasteiger partial charge in [0.1, 0.15) is 6.04 Å². The molecular formula is C30H44Cl2N6O2. The van der Waals surface area contributed by atoms with Gasteiger partial charge in [-0.25, -0.2) is 9.78 Å². The molecule has 2 N–H and O–H groups in total. The standard InChI is InChI=1S/C30H44Cl2N6O2/c1-30(2,3)35-29(40)38-16-15-36(14-12-22-7-5-4-6-8-22)20-27(38)28(39)34-13-11-24-18-33-21-37(24)19-23-9-10-25(31)26(32)17-23/h9-10,17-18,21-22,27H,4-8,11-16,19-20H2,1-3H3,(H,34,39)(H,35,40). The Morgan fingerprint density at radius 2 is 1.85 bits per heavy atom. The highest BCUT2D eigenvalue weighted by atomic mass is 35.5. The Labute approximate surface area is 248 Å². The topological polar surface area (TPSA) is 82.5 Å². The van der Waals surface area contributed by atoms with Crippen LogP contribution in [0.2, 0.25) is 10.0 Å². The van der Waals surface area contributed by atoms with E-state index in [-0.39, 0.29) is 17.5 Å². The molecule has 0 spiro atoms. The number of nitrogens with one attached hydrogen (secondary N) is 2. The van der Waals surface area contributed by atoms with Gasteiger partial charge in [-0.3, -0.25) is 9.69 Å². The molecule has 2 heterocycles. The average molecular weight is 592 g/mol. The van der Waals surface area contributed by atoms with Crippen molar-refractivity contribution in [3.8, 4) is 0 Å². The van der Waals surface area contributed by atoms with Crippen molar-refractivity contribution < 1.29 is 9.59 Å². The second-order valence-corrected chi connectivity index (χ2v) is 13.1. The first-order chi connectivity index (χ1) is 19.1. The third-order valence-electron chi connectivity index (χ3n) is 7.90. The quantitative estimate of drug-likeness (QED) is 0.412. The highest BCUT2D eigenvalue weighted by Gasteiger charge is 2.36. The van der Waals surface area contributed by atoms with E-state index in [0.29, 0.717) is 42.6 Å². The zero-order chi connectivity index (χ0) is 28.7. The highest BCUT2D eigenvalue weighted by molar-refractivity contribution is 6.42. The third kappa shape index (κ3) is 8.85. The van der Waals surface area contributed by atoms with Crippen LogP contribution in [0.25, 0.3) is 0 Å². The van der Waals surface area contributed by atoms with Crippen molar-refractivity contribution in [1.29, 1.82) is 0 Å². The predicted octanol–water partition coefficient (Wildman–Crippen LogP) is 5.36. The number of benzene rings is 1. The fraction of sp³-hybridized carbons (Fsp3) is 0.633. The molecule has 220 valence electrons. The summed E-state index contributed by atoms with van der Waals surface area (Å²) in [6.45, 7) is 9.83. The molecule has 1 aromatic carbocycles. The lowest BCUT2D eigenvalue weighted by atomic mass is 9.87. The molecule has 0 bridgehead atoms. The number of aromatic nitrogens is 2. The number of hydrogen-bond acceptors (Lipinski definition) is 4. The van der Waals surface area contributed by atoms with Crippen molar-refractivity contribution in [3.05, 3.63) is 52.0 Å². The van der Waals surface area contributed by atoms with E-state index in [1.807, 2.05) is 43.7 Å². The Kier molecular flexibility index (Phi) is 10.8. The second kappa shape index (κ2) is 14.1. The van der Waals surface area contributed by atoms with Crippen LogP contribution in [0, 0.1) is 5.92 Å². The minimum Gasteiger partial charge on any atom is -0.354 e. The van der Waals surface area contributed by atoms with Gasteiger partial charge in [0.25, 0.3) is 0 Å². The zero-order valence-electron chi connectivity index (χ0n) is 24.1. The Balaban J connectivity index is 1.35. The van der Waals surface area contributed by atoms with Crippen LogP contribution < -0.4 is 10.6 Å². The molecule has 40 heavy (non-hydrogen) atoms. The first-order valence-electron chi connectivity index (χ1n) is 14.6. The number of piperazine rings is 1. The highest BCUT2D eigenvalue weighted by Crippen LogP contribution is 2.27. The van der Waals surface area contributed by atoms with Crippen molar-refractivity contribution in [2.75, 3.05) is 32.7 Å². The number of hydrogen-bond donors (Lipinski definition) is 2. The molecule has 8 nitrogen and oxygen atoms in total. The van der Waals surface area contributed by atoms with Gasteiger partial charge in [0.05, 0.1) is 16.4 Å². The van der Waals surface area contributed by atoms with E-state index in [4.69, 9.17) is 23.2 Å². The maximum absolute atomic E-state index is 13.5. The number of rotatable bonds is 9. The van der Waals surface area contributed by atoms with Crippen molar-refractivity contribution in [1.82, 2.24) is 30.0 Å². The first kappa shape index (κ1) is 30.7. The normalized spacial score (nSPS) is 19.0. The smallest absolute Gasteiger partial charge is 0.318 e. The molecule has 1 atom stereocenters. The molecule has 1 saturated heterocycles. The van der Waals surface area contributed by atoms with Crippen LogP contribution in [0.15, 0.2) is 30.7 Å². The molecule has 2 aliphatic rings. The summed E-state index contributed by atoms with van der Waals surface area (Å²) in [7, 11) is 0. The van der Waals surface area contributed by atoms with E-state index in [9.17, 15) is 9.59 Å². The lowest BCUT2D eigenvalue weighted by Crippen LogP contribution is -2.64. The van der Waals surface area contributed by atoms with E-state index in [1.165, 1.54) is 38.5 Å². The first-order valence-corrected chi connectivity index (χ1v) is 15.4. The minimum absolute atomic E-state index is 0.109. The van der Waals surface area contributed by atoms with Crippen LogP contribution in [-0.4, -0.2) is 75.6 Å². The average Bonchev–Trinajstić information content (AvgIpc) is 3.35. The molecule has 10 heteroatoms. The molecule has 1 aliphatic heterocycles. The molecule has 2 fully saturated rings. The Morgan fingerprint density at radius 3 is 2.58 bits per heavy atom. The summed E-state index contributed by atoms with van der Waals surface area (Å²) in [5.41, 5.74) is 1.66. The Bertz CT molecular complexity index is 1140. The summed E-state index contributed by atoms with van der Waals surface area (Å²) in [5.74, 6) is 0.680. The van der Waals surface area contributed by atoms with Gasteiger partial charge in [0.2, 0.25) is 5.91 Å². The fourth-order valence-electron chi connectivity index (χ4n) is 5.71. The molecular weight excluding hydrogens is 547 g/mol. The molecule has 2 aromatic rings. The molecule has 0 radical (unpaired) electrons. The largest absolute Gasteiger partial charge is 0.354 e. The van der Waals surface area contributed by atoms with E-state index < -0.39 is 6.04 Å². The maximum Gasteiger partial charge on any atom is 0.318 e. The number of carbonyl (C=O) groups excluding carboxylic acids is 2. The van der Waals surface area contributed by atoms with Gasteiger partial charge in [-0.05, 0) is 57.4 Å². The van der Waals surface area contributed by atoms with Crippen molar-refractivity contribution in [2.24, 2.45) is 5.92 Å². The summed E-state index contributed by atoms with van der Waals surface area (Å²) in [6, 6.07) is 4.89. The van der Waals surface area contributed by atoms with Gasteiger partial charge in [0, 0.05) is 56.6 Å². The monoisotopic (exact) mass is 590 g/mol. The van der Waals surface area contributed by atoms with Crippen LogP contribution in [-0.2, 0) is 17.8 Å². The van der Waals surface area contributed by atoms with Gasteiger partial charge >= 0.3 is 6.03 Å². The van der Waals surface area contributed by atoms with Crippen LogP contribution in [0.1, 0.15) is 70.6 Å². The zero-order valence-corrected chi connectivity index (χ0v) is 25.6. The fourth-order valence-corrected chi connectivity index (χ4v) is 6.03. The summed E-state index contributed by atoms with van der Waals surface area (Å²) < 4.78 is 2.04. The molecule has 1 aliphatic carbocycles. The van der Waals surface area contributed by atoms with E-state index in [0.717, 1.165) is 30.3 Å². The van der Waals surface area contributed by atoms with Gasteiger partial charge in [-0.15, -0.1) is 0 Å². The van der Waals surface area contributed by atoms with Crippen LogP contribution >= 0.6 is 23.2 Å². The van der Waals surface area contributed by atoms with Crippen LogP contribution in [0.5, 0.6) is 0 Å². The SMILES string of the molecule is CC(C)(C)NC(=O)N1CCN(CCC2CCCCC2)CC1C(=O)NCCc1cncn1Cc1ccc(Cl)c(Cl)c1. The summed E-state index contributed by atoms with van der Waals surface area (Å²) >= 11 is 12.2. The number of urea groups is 1. The molecule has 1 unspecified atom stereocenters. The molecule has 3 amide bonds. The number of nitrogens with zero attached hydrogens (tertiary/aromatic N) is 4. The van der Waals surface area contributed by atoms with E-state index >= 15 is 0 Å². The Morgan fingerprint density at radius 1 is 1.07 bits per heavy atom. The van der Waals surface area contributed by atoms with E-state index in [1.54, 1.807) is 17.3 Å². The number of amides is 3. The van der Waals surface area contributed by atoms with Gasteiger partial charge in [-0.2, -0.15) is 0 Å². The van der Waals surface area contributed by atoms with E-state index in [2.05, 4.69) is 20.5 Å². The summed E-state index contributed by atoms with van der Waals surface area (Å²) in [5, 5.41) is 7.20. The van der Waals surface area contributed by atoms with Crippen LogP contribution in [0.4, 0.5) is 4.79 Å². The van der Waals surface area contributed by atoms with Gasteiger partial charge < -0.3 is 20.1 Å². The predicted molar refractivity (Wildman–Crippen MR) is 161 cm³/mol. The van der Waals surface area contributed by atoms with Crippen molar-refractivity contribution in [2.45, 2.75) is 83.8 Å². The third-order valence-corrected chi connectivity index (χ3v) is 8.64. The molecule has 1 aromatic heterocycles. The van der Waals surface area contributed by atoms with Gasteiger partial charge in [-0.1, -0.05) is 61.4 Å². The molecule has 4 rings (SSSR count). The van der Waals surface area contributed by atoms with Crippen molar-refractivity contribution >= 4 is 35.1 Å². The van der Waals surface area contributed by atoms with Crippen molar-refractivity contribution in [3.63, 3.8) is 0 Å². The lowest BCUT2D eigenvalue weighted by molar-refractivity contribution is -0.127. The minimum atomic E-state index is -0.524.